The van der Waals surface area contributed by atoms with Crippen molar-refractivity contribution in [3.05, 3.63) is 48.5 Å². The largest absolute Gasteiger partial charge is 0.493 e. The summed E-state index contributed by atoms with van der Waals surface area (Å²) in [4.78, 5) is 0. The predicted octanol–water partition coefficient (Wildman–Crippen LogP) is 2.60. The van der Waals surface area contributed by atoms with E-state index in [2.05, 4.69) is 6.92 Å². The van der Waals surface area contributed by atoms with Crippen LogP contribution < -0.4 is 10.2 Å². The molecule has 0 unspecified atom stereocenters. The molecule has 2 N–H and O–H groups in total. The Morgan fingerprint density at radius 3 is 2.43 bits per heavy atom. The second-order valence-electron chi connectivity index (χ2n) is 5.05. The third kappa shape index (κ3) is 4.35. The molecule has 0 aliphatic rings. The van der Waals surface area contributed by atoms with E-state index in [1.54, 1.807) is 12.1 Å². The van der Waals surface area contributed by atoms with E-state index in [0.29, 0.717) is 17.8 Å². The van der Waals surface area contributed by atoms with Gasteiger partial charge in [0.2, 0.25) is 0 Å². The van der Waals surface area contributed by atoms with E-state index in [-0.39, 0.29) is 0 Å². The van der Waals surface area contributed by atoms with E-state index >= 15 is 0 Å². The summed E-state index contributed by atoms with van der Waals surface area (Å²) in [6, 6.07) is 15.3. The Labute approximate surface area is 126 Å². The van der Waals surface area contributed by atoms with E-state index < -0.39 is 7.12 Å². The van der Waals surface area contributed by atoms with Gasteiger partial charge in [-0.05, 0) is 23.5 Å². The Morgan fingerprint density at radius 2 is 1.76 bits per heavy atom. The molecule has 0 saturated heterocycles. The van der Waals surface area contributed by atoms with Gasteiger partial charge in [0, 0.05) is 5.56 Å². The molecule has 0 aliphatic carbocycles. The van der Waals surface area contributed by atoms with Crippen LogP contribution in [0.1, 0.15) is 26.2 Å². The van der Waals surface area contributed by atoms with Crippen LogP contribution in [0.3, 0.4) is 0 Å². The fourth-order valence-corrected chi connectivity index (χ4v) is 2.21. The first-order valence-electron chi connectivity index (χ1n) is 7.40. The summed E-state index contributed by atoms with van der Waals surface area (Å²) in [5, 5.41) is 18.6. The standard InChI is InChI=1S/C17H21BO3/c1-2-3-7-12-21-17-13-15(18(19)20)10-11-16(17)14-8-5-4-6-9-14/h4-6,8-11,13,19-20H,2-3,7,12H2,1H3. The van der Waals surface area contributed by atoms with Crippen molar-refractivity contribution in [2.75, 3.05) is 6.61 Å². The molecule has 21 heavy (non-hydrogen) atoms. The summed E-state index contributed by atoms with van der Waals surface area (Å²) in [5.74, 6) is 0.697. The molecule has 0 aromatic heterocycles. The van der Waals surface area contributed by atoms with Gasteiger partial charge >= 0.3 is 7.12 Å². The molecule has 2 rings (SSSR count). The van der Waals surface area contributed by atoms with Gasteiger partial charge in [-0.1, -0.05) is 62.2 Å². The van der Waals surface area contributed by atoms with Gasteiger partial charge in [-0.15, -0.1) is 0 Å². The molecule has 0 aliphatic heterocycles. The third-order valence-electron chi connectivity index (χ3n) is 3.39. The van der Waals surface area contributed by atoms with Crippen molar-refractivity contribution in [1.29, 1.82) is 0 Å². The highest BCUT2D eigenvalue weighted by Gasteiger charge is 2.15. The third-order valence-corrected chi connectivity index (χ3v) is 3.39. The van der Waals surface area contributed by atoms with Crippen LogP contribution in [0.15, 0.2) is 48.5 Å². The van der Waals surface area contributed by atoms with E-state index in [1.165, 1.54) is 0 Å². The first-order chi connectivity index (χ1) is 10.2. The second kappa shape index (κ2) is 7.86. The van der Waals surface area contributed by atoms with Crippen LogP contribution in [-0.4, -0.2) is 23.8 Å². The van der Waals surface area contributed by atoms with Gasteiger partial charge in [0.05, 0.1) is 6.61 Å². The van der Waals surface area contributed by atoms with Crippen molar-refractivity contribution in [2.24, 2.45) is 0 Å². The van der Waals surface area contributed by atoms with Crippen molar-refractivity contribution < 1.29 is 14.8 Å². The SMILES string of the molecule is CCCCCOc1cc(B(O)O)ccc1-c1ccccc1. The van der Waals surface area contributed by atoms with Crippen LogP contribution in [0.25, 0.3) is 11.1 Å². The number of unbranched alkanes of at least 4 members (excludes halogenated alkanes) is 2. The average Bonchev–Trinajstić information content (AvgIpc) is 2.52. The molecule has 2 aromatic rings. The average molecular weight is 284 g/mol. The smallest absolute Gasteiger partial charge is 0.488 e. The molecule has 0 amide bonds. The zero-order valence-electron chi connectivity index (χ0n) is 12.3. The van der Waals surface area contributed by atoms with Crippen molar-refractivity contribution in [1.82, 2.24) is 0 Å². The molecule has 0 heterocycles. The predicted molar refractivity (Wildman–Crippen MR) is 86.7 cm³/mol. The minimum Gasteiger partial charge on any atom is -0.493 e. The van der Waals surface area contributed by atoms with Crippen LogP contribution in [0.4, 0.5) is 0 Å². The number of benzene rings is 2. The van der Waals surface area contributed by atoms with E-state index in [4.69, 9.17) is 4.74 Å². The Balaban J connectivity index is 2.26. The maximum atomic E-state index is 9.32. The highest BCUT2D eigenvalue weighted by molar-refractivity contribution is 6.58. The lowest BCUT2D eigenvalue weighted by Crippen LogP contribution is -2.29. The van der Waals surface area contributed by atoms with Crippen molar-refractivity contribution in [3.8, 4) is 16.9 Å². The van der Waals surface area contributed by atoms with E-state index in [1.807, 2.05) is 36.4 Å². The molecule has 4 heteroatoms. The highest BCUT2D eigenvalue weighted by Crippen LogP contribution is 2.29. The number of hydrogen-bond acceptors (Lipinski definition) is 3. The molecule has 0 bridgehead atoms. The lowest BCUT2D eigenvalue weighted by Gasteiger charge is -2.13. The van der Waals surface area contributed by atoms with Gasteiger partial charge in [0.25, 0.3) is 0 Å². The number of rotatable bonds is 7. The molecule has 0 spiro atoms. The zero-order chi connectivity index (χ0) is 15.1. The fraction of sp³-hybridized carbons (Fsp3) is 0.294. The quantitative estimate of drug-likeness (QED) is 0.607. The van der Waals surface area contributed by atoms with Crippen LogP contribution >= 0.6 is 0 Å². The van der Waals surface area contributed by atoms with Crippen molar-refractivity contribution >= 4 is 12.6 Å². The molecular weight excluding hydrogens is 263 g/mol. The lowest BCUT2D eigenvalue weighted by molar-refractivity contribution is 0.307. The van der Waals surface area contributed by atoms with Gasteiger partial charge in [0.1, 0.15) is 5.75 Å². The summed E-state index contributed by atoms with van der Waals surface area (Å²) < 4.78 is 5.86. The van der Waals surface area contributed by atoms with E-state index in [0.717, 1.165) is 30.4 Å². The van der Waals surface area contributed by atoms with Crippen molar-refractivity contribution in [2.45, 2.75) is 26.2 Å². The Morgan fingerprint density at radius 1 is 1.00 bits per heavy atom. The molecule has 0 atom stereocenters. The molecular formula is C17H21BO3. The summed E-state index contributed by atoms with van der Waals surface area (Å²) in [7, 11) is -1.48. The van der Waals surface area contributed by atoms with Gasteiger partial charge in [-0.3, -0.25) is 0 Å². The van der Waals surface area contributed by atoms with Crippen LogP contribution in [0, 0.1) is 0 Å². The minimum atomic E-state index is -1.48. The van der Waals surface area contributed by atoms with Crippen LogP contribution in [0.2, 0.25) is 0 Å². The first-order valence-corrected chi connectivity index (χ1v) is 7.40. The fourth-order valence-electron chi connectivity index (χ4n) is 2.21. The van der Waals surface area contributed by atoms with Gasteiger partial charge in [0.15, 0.2) is 0 Å². The Hall–Kier alpha value is -1.78. The summed E-state index contributed by atoms with van der Waals surface area (Å²) in [5.41, 5.74) is 2.47. The lowest BCUT2D eigenvalue weighted by atomic mass is 9.79. The zero-order valence-corrected chi connectivity index (χ0v) is 12.3. The minimum absolute atomic E-state index is 0.445. The second-order valence-corrected chi connectivity index (χ2v) is 5.05. The Kier molecular flexibility index (Phi) is 5.84. The number of ether oxygens (including phenoxy) is 1. The summed E-state index contributed by atoms with van der Waals surface area (Å²) in [6.45, 7) is 2.79. The van der Waals surface area contributed by atoms with Gasteiger partial charge < -0.3 is 14.8 Å². The molecule has 0 fully saturated rings. The molecule has 110 valence electrons. The normalized spacial score (nSPS) is 10.4. The maximum absolute atomic E-state index is 9.32. The number of hydrogen-bond donors (Lipinski definition) is 2. The molecule has 3 nitrogen and oxygen atoms in total. The Bertz CT molecular complexity index is 555. The molecule has 2 aromatic carbocycles. The monoisotopic (exact) mass is 284 g/mol. The summed E-state index contributed by atoms with van der Waals surface area (Å²) >= 11 is 0. The van der Waals surface area contributed by atoms with Gasteiger partial charge in [-0.2, -0.15) is 0 Å². The highest BCUT2D eigenvalue weighted by atomic mass is 16.5. The van der Waals surface area contributed by atoms with E-state index in [9.17, 15) is 10.0 Å². The van der Waals surface area contributed by atoms with Crippen molar-refractivity contribution in [3.63, 3.8) is 0 Å². The van der Waals surface area contributed by atoms with Crippen LogP contribution in [0.5, 0.6) is 5.75 Å². The molecule has 0 saturated carbocycles. The van der Waals surface area contributed by atoms with Gasteiger partial charge in [-0.25, -0.2) is 0 Å². The topological polar surface area (TPSA) is 49.7 Å². The maximum Gasteiger partial charge on any atom is 0.488 e. The first kappa shape index (κ1) is 15.6. The van der Waals surface area contributed by atoms with Crippen LogP contribution in [-0.2, 0) is 0 Å². The summed E-state index contributed by atoms with van der Waals surface area (Å²) in [6.07, 6.45) is 3.27. The molecule has 0 radical (unpaired) electrons.